The lowest BCUT2D eigenvalue weighted by Gasteiger charge is -2.23. The van der Waals surface area contributed by atoms with E-state index in [1.807, 2.05) is 18.2 Å². The standard InChI is InChI=1S/C12H15ClINO/c13-10-1-2-12(11(14)7-10)15-8-9-3-5-16-6-4-9/h1-2,7,9,15H,3-6,8H2. The van der Waals surface area contributed by atoms with Crippen molar-refractivity contribution in [1.82, 2.24) is 0 Å². The molecule has 0 amide bonds. The second kappa shape index (κ2) is 6.07. The second-order valence-electron chi connectivity index (χ2n) is 4.06. The molecule has 0 radical (unpaired) electrons. The minimum absolute atomic E-state index is 0.736. The molecule has 0 bridgehead atoms. The minimum atomic E-state index is 0.736. The molecule has 0 unspecified atom stereocenters. The van der Waals surface area contributed by atoms with E-state index in [0.717, 1.165) is 43.5 Å². The number of halogens is 2. The van der Waals surface area contributed by atoms with Crippen LogP contribution in [0.4, 0.5) is 5.69 Å². The Balaban J connectivity index is 1.88. The Kier molecular flexibility index (Phi) is 4.73. The predicted molar refractivity (Wildman–Crippen MR) is 76.2 cm³/mol. The maximum atomic E-state index is 5.92. The van der Waals surface area contributed by atoms with Gasteiger partial charge in [0.2, 0.25) is 0 Å². The van der Waals surface area contributed by atoms with Crippen LogP contribution < -0.4 is 5.32 Å². The van der Waals surface area contributed by atoms with Crippen molar-refractivity contribution in [3.05, 3.63) is 26.8 Å². The number of nitrogens with one attached hydrogen (secondary N) is 1. The van der Waals surface area contributed by atoms with Crippen LogP contribution >= 0.6 is 34.2 Å². The molecule has 1 aliphatic heterocycles. The Morgan fingerprint density at radius 2 is 2.12 bits per heavy atom. The predicted octanol–water partition coefficient (Wildman–Crippen LogP) is 3.78. The Morgan fingerprint density at radius 3 is 2.81 bits per heavy atom. The van der Waals surface area contributed by atoms with Gasteiger partial charge in [-0.25, -0.2) is 0 Å². The molecule has 1 aliphatic rings. The molecule has 16 heavy (non-hydrogen) atoms. The molecule has 0 atom stereocenters. The fourth-order valence-electron chi connectivity index (χ4n) is 1.84. The summed E-state index contributed by atoms with van der Waals surface area (Å²) < 4.78 is 6.52. The normalized spacial score (nSPS) is 17.4. The highest BCUT2D eigenvalue weighted by Gasteiger charge is 2.13. The van der Waals surface area contributed by atoms with E-state index < -0.39 is 0 Å². The first-order valence-electron chi connectivity index (χ1n) is 5.52. The summed E-state index contributed by atoms with van der Waals surface area (Å²) in [6, 6.07) is 5.95. The number of hydrogen-bond acceptors (Lipinski definition) is 2. The van der Waals surface area contributed by atoms with E-state index in [9.17, 15) is 0 Å². The third-order valence-electron chi connectivity index (χ3n) is 2.85. The molecule has 2 rings (SSSR count). The van der Waals surface area contributed by atoms with Gasteiger partial charge in [-0.2, -0.15) is 0 Å². The van der Waals surface area contributed by atoms with Gasteiger partial charge in [-0.15, -0.1) is 0 Å². The van der Waals surface area contributed by atoms with E-state index >= 15 is 0 Å². The molecule has 0 aromatic heterocycles. The third kappa shape index (κ3) is 3.50. The van der Waals surface area contributed by atoms with Crippen molar-refractivity contribution < 1.29 is 4.74 Å². The van der Waals surface area contributed by atoms with Gasteiger partial charge in [-0.1, -0.05) is 11.6 Å². The third-order valence-corrected chi connectivity index (χ3v) is 3.98. The van der Waals surface area contributed by atoms with E-state index in [1.165, 1.54) is 9.26 Å². The van der Waals surface area contributed by atoms with Crippen LogP contribution in [0.15, 0.2) is 18.2 Å². The van der Waals surface area contributed by atoms with Crippen molar-refractivity contribution in [1.29, 1.82) is 0 Å². The topological polar surface area (TPSA) is 21.3 Å². The van der Waals surface area contributed by atoms with Gasteiger partial charge in [0.05, 0.1) is 0 Å². The van der Waals surface area contributed by atoms with Crippen LogP contribution in [0.2, 0.25) is 5.02 Å². The highest BCUT2D eigenvalue weighted by Crippen LogP contribution is 2.23. The van der Waals surface area contributed by atoms with Crippen LogP contribution in [0.25, 0.3) is 0 Å². The lowest BCUT2D eigenvalue weighted by Crippen LogP contribution is -2.22. The summed E-state index contributed by atoms with van der Waals surface area (Å²) in [5.41, 5.74) is 1.18. The zero-order chi connectivity index (χ0) is 11.4. The smallest absolute Gasteiger partial charge is 0.0477 e. The summed E-state index contributed by atoms with van der Waals surface area (Å²) in [7, 11) is 0. The molecule has 88 valence electrons. The average molecular weight is 352 g/mol. The fraction of sp³-hybridized carbons (Fsp3) is 0.500. The molecule has 0 spiro atoms. The average Bonchev–Trinajstić information content (AvgIpc) is 2.29. The molecule has 1 N–H and O–H groups in total. The zero-order valence-corrected chi connectivity index (χ0v) is 11.9. The van der Waals surface area contributed by atoms with Gasteiger partial charge in [0.15, 0.2) is 0 Å². The van der Waals surface area contributed by atoms with Crippen molar-refractivity contribution in [2.45, 2.75) is 12.8 Å². The Bertz CT molecular complexity index is 353. The zero-order valence-electron chi connectivity index (χ0n) is 9.01. The van der Waals surface area contributed by atoms with E-state index in [-0.39, 0.29) is 0 Å². The number of benzene rings is 1. The molecule has 0 saturated carbocycles. The van der Waals surface area contributed by atoms with Gasteiger partial charge < -0.3 is 10.1 Å². The first kappa shape index (κ1) is 12.5. The van der Waals surface area contributed by atoms with Crippen LogP contribution in [0.5, 0.6) is 0 Å². The minimum Gasteiger partial charge on any atom is -0.384 e. The van der Waals surface area contributed by atoms with Crippen molar-refractivity contribution in [2.24, 2.45) is 5.92 Å². The van der Waals surface area contributed by atoms with Gasteiger partial charge in [0, 0.05) is 34.0 Å². The molecular weight excluding hydrogens is 336 g/mol. The first-order chi connectivity index (χ1) is 7.75. The van der Waals surface area contributed by atoms with Crippen LogP contribution in [-0.4, -0.2) is 19.8 Å². The molecule has 1 heterocycles. The van der Waals surface area contributed by atoms with Gasteiger partial charge in [0.1, 0.15) is 0 Å². The lowest BCUT2D eigenvalue weighted by molar-refractivity contribution is 0.0699. The molecule has 4 heteroatoms. The van der Waals surface area contributed by atoms with E-state index in [1.54, 1.807) is 0 Å². The quantitative estimate of drug-likeness (QED) is 0.837. The molecule has 0 aliphatic carbocycles. The highest BCUT2D eigenvalue weighted by molar-refractivity contribution is 14.1. The molecule has 2 nitrogen and oxygen atoms in total. The molecular formula is C12H15ClINO. The first-order valence-corrected chi connectivity index (χ1v) is 6.98. The van der Waals surface area contributed by atoms with Gasteiger partial charge >= 0.3 is 0 Å². The maximum Gasteiger partial charge on any atom is 0.0477 e. The van der Waals surface area contributed by atoms with Crippen molar-refractivity contribution in [3.63, 3.8) is 0 Å². The Labute approximate surface area is 115 Å². The van der Waals surface area contributed by atoms with Crippen molar-refractivity contribution >= 4 is 39.9 Å². The van der Waals surface area contributed by atoms with Crippen LogP contribution in [0, 0.1) is 9.49 Å². The summed E-state index contributed by atoms with van der Waals surface area (Å²) in [5.74, 6) is 0.736. The molecule has 1 fully saturated rings. The number of ether oxygens (including phenoxy) is 1. The Morgan fingerprint density at radius 1 is 1.38 bits per heavy atom. The number of rotatable bonds is 3. The van der Waals surface area contributed by atoms with Crippen molar-refractivity contribution in [2.75, 3.05) is 25.1 Å². The molecule has 1 aromatic carbocycles. The van der Waals surface area contributed by atoms with Crippen molar-refractivity contribution in [3.8, 4) is 0 Å². The van der Waals surface area contributed by atoms with Crippen LogP contribution in [0.3, 0.4) is 0 Å². The lowest BCUT2D eigenvalue weighted by atomic mass is 10.0. The second-order valence-corrected chi connectivity index (χ2v) is 5.66. The number of anilines is 1. The summed E-state index contributed by atoms with van der Waals surface area (Å²) in [6.07, 6.45) is 2.33. The van der Waals surface area contributed by atoms with E-state index in [2.05, 4.69) is 27.9 Å². The van der Waals surface area contributed by atoms with Crippen LogP contribution in [-0.2, 0) is 4.74 Å². The number of hydrogen-bond donors (Lipinski definition) is 1. The summed E-state index contributed by atoms with van der Waals surface area (Å²) in [5, 5.41) is 4.28. The monoisotopic (exact) mass is 351 g/mol. The van der Waals surface area contributed by atoms with Gasteiger partial charge in [0.25, 0.3) is 0 Å². The molecule has 1 aromatic rings. The van der Waals surface area contributed by atoms with Gasteiger partial charge in [-0.05, 0) is 59.5 Å². The van der Waals surface area contributed by atoms with Gasteiger partial charge in [-0.3, -0.25) is 0 Å². The summed E-state index contributed by atoms with van der Waals surface area (Å²) >= 11 is 8.23. The van der Waals surface area contributed by atoms with E-state index in [0.29, 0.717) is 0 Å². The largest absolute Gasteiger partial charge is 0.384 e. The fourth-order valence-corrected chi connectivity index (χ4v) is 2.90. The highest BCUT2D eigenvalue weighted by atomic mass is 127. The summed E-state index contributed by atoms with van der Waals surface area (Å²) in [4.78, 5) is 0. The molecule has 1 saturated heterocycles. The Hall–Kier alpha value is -0.000000000000000111. The summed E-state index contributed by atoms with van der Waals surface area (Å²) in [6.45, 7) is 2.84. The maximum absolute atomic E-state index is 5.92. The van der Waals surface area contributed by atoms with Crippen LogP contribution in [0.1, 0.15) is 12.8 Å². The van der Waals surface area contributed by atoms with E-state index in [4.69, 9.17) is 16.3 Å². The SMILES string of the molecule is Clc1ccc(NCC2CCOCC2)c(I)c1.